The molecular formula is C44H45ClF2N6O8S2. The molecule has 1 saturated heterocycles. The van der Waals surface area contributed by atoms with Gasteiger partial charge in [-0.25, -0.2) is 27.2 Å². The van der Waals surface area contributed by atoms with Crippen molar-refractivity contribution in [3.63, 3.8) is 0 Å². The summed E-state index contributed by atoms with van der Waals surface area (Å²) in [6, 6.07) is 19.5. The molecule has 332 valence electrons. The summed E-state index contributed by atoms with van der Waals surface area (Å²) >= 11 is 7.64. The molecule has 5 atom stereocenters. The van der Waals surface area contributed by atoms with Crippen molar-refractivity contribution < 1.29 is 45.8 Å². The first kappa shape index (κ1) is 44.0. The zero-order valence-corrected chi connectivity index (χ0v) is 37.0. The average molecular weight is 923 g/mol. The number of ether oxygens (including phenoxy) is 3. The lowest BCUT2D eigenvalue weighted by Gasteiger charge is -2.35. The van der Waals surface area contributed by atoms with Crippen LogP contribution in [-0.4, -0.2) is 90.1 Å². The highest BCUT2D eigenvalue weighted by molar-refractivity contribution is 7.91. The quantitative estimate of drug-likeness (QED) is 0.0951. The first-order valence-corrected chi connectivity index (χ1v) is 23.1. The number of para-hydroxylation sites is 1. The largest absolute Gasteiger partial charge is 0.494 e. The minimum absolute atomic E-state index is 0.132. The number of nitrogens with one attached hydrogen (secondary N) is 3. The minimum Gasteiger partial charge on any atom is -0.494 e. The second-order valence-electron chi connectivity index (χ2n) is 17.0. The van der Waals surface area contributed by atoms with Gasteiger partial charge in [-0.2, -0.15) is 0 Å². The molecule has 14 nitrogen and oxygen atoms in total. The van der Waals surface area contributed by atoms with Gasteiger partial charge in [0, 0.05) is 33.2 Å². The highest BCUT2D eigenvalue weighted by Crippen LogP contribution is 2.49. The molecule has 3 heterocycles. The van der Waals surface area contributed by atoms with Crippen molar-refractivity contribution in [3.8, 4) is 34.4 Å². The number of amides is 3. The van der Waals surface area contributed by atoms with Gasteiger partial charge in [0.1, 0.15) is 41.0 Å². The Morgan fingerprint density at radius 1 is 1.00 bits per heavy atom. The monoisotopic (exact) mass is 922 g/mol. The predicted octanol–water partition coefficient (Wildman–Crippen LogP) is 7.44. The number of fused-ring (bicyclic) bond motifs is 1. The van der Waals surface area contributed by atoms with E-state index in [1.54, 1.807) is 18.2 Å². The molecule has 5 aromatic rings. The maximum Gasteiger partial charge on any atom is 0.259 e. The normalized spacial score (nSPS) is 21.5. The Morgan fingerprint density at radius 2 is 1.71 bits per heavy atom. The zero-order chi connectivity index (χ0) is 44.8. The number of anilines is 1. The minimum atomic E-state index is -4.14. The van der Waals surface area contributed by atoms with E-state index in [-0.39, 0.29) is 18.8 Å². The van der Waals surface area contributed by atoms with Gasteiger partial charge >= 0.3 is 0 Å². The predicted molar refractivity (Wildman–Crippen MR) is 234 cm³/mol. The molecule has 0 unspecified atom stereocenters. The summed E-state index contributed by atoms with van der Waals surface area (Å²) in [4.78, 5) is 53.4. The van der Waals surface area contributed by atoms with Gasteiger partial charge in [0.25, 0.3) is 5.91 Å². The second-order valence-corrected chi connectivity index (χ2v) is 20.3. The van der Waals surface area contributed by atoms with Crippen LogP contribution < -0.4 is 29.6 Å². The number of hydrogen-bond acceptors (Lipinski definition) is 12. The topological polar surface area (TPSA) is 178 Å². The zero-order valence-electron chi connectivity index (χ0n) is 34.6. The van der Waals surface area contributed by atoms with Crippen molar-refractivity contribution in [1.82, 2.24) is 24.9 Å². The first-order chi connectivity index (χ1) is 30.0. The summed E-state index contributed by atoms with van der Waals surface area (Å²) in [7, 11) is -2.64. The van der Waals surface area contributed by atoms with E-state index < -0.39 is 80.9 Å². The van der Waals surface area contributed by atoms with Crippen molar-refractivity contribution in [3.05, 3.63) is 89.4 Å². The van der Waals surface area contributed by atoms with E-state index in [9.17, 15) is 31.6 Å². The number of alkyl halides is 2. The maximum atomic E-state index is 14.9. The van der Waals surface area contributed by atoms with Gasteiger partial charge in [-0.3, -0.25) is 19.1 Å². The van der Waals surface area contributed by atoms with Gasteiger partial charge < -0.3 is 29.7 Å². The number of halogens is 3. The number of nitrogens with zero attached hydrogens (tertiary/aromatic N) is 3. The number of benzene rings is 3. The molecule has 0 radical (unpaired) electrons. The molecule has 3 aliphatic rings. The molecule has 8 rings (SSSR count). The van der Waals surface area contributed by atoms with Gasteiger partial charge in [0.05, 0.1) is 36.7 Å². The summed E-state index contributed by atoms with van der Waals surface area (Å²) < 4.78 is 73.8. The van der Waals surface area contributed by atoms with E-state index in [0.717, 1.165) is 5.56 Å². The Kier molecular flexibility index (Phi) is 12.0. The summed E-state index contributed by atoms with van der Waals surface area (Å²) in [5.74, 6) is -2.39. The Bertz CT molecular complexity index is 2650. The molecular weight excluding hydrogens is 878 g/mol. The fourth-order valence-corrected chi connectivity index (χ4v) is 10.0. The van der Waals surface area contributed by atoms with E-state index in [1.165, 1.54) is 29.5 Å². The van der Waals surface area contributed by atoms with Crippen LogP contribution in [0.1, 0.15) is 46.5 Å². The van der Waals surface area contributed by atoms with Crippen LogP contribution in [0, 0.1) is 11.3 Å². The lowest BCUT2D eigenvalue weighted by Crippen LogP contribution is -2.59. The van der Waals surface area contributed by atoms with Crippen molar-refractivity contribution in [2.75, 3.05) is 19.0 Å². The molecule has 0 spiro atoms. The van der Waals surface area contributed by atoms with Gasteiger partial charge in [0.2, 0.25) is 34.1 Å². The summed E-state index contributed by atoms with van der Waals surface area (Å²) in [6.45, 7) is 5.39. The Labute approximate surface area is 371 Å². The van der Waals surface area contributed by atoms with Gasteiger partial charge in [-0.15, -0.1) is 11.3 Å². The second kappa shape index (κ2) is 17.2. The van der Waals surface area contributed by atoms with Crippen LogP contribution in [0.3, 0.4) is 0 Å². The molecule has 19 heteroatoms. The fourth-order valence-electron chi connectivity index (χ4n) is 7.72. The van der Waals surface area contributed by atoms with E-state index in [0.29, 0.717) is 56.7 Å². The van der Waals surface area contributed by atoms with Crippen molar-refractivity contribution >= 4 is 66.6 Å². The number of thiazole rings is 1. The van der Waals surface area contributed by atoms with Crippen LogP contribution in [0.15, 0.2) is 84.4 Å². The van der Waals surface area contributed by atoms with E-state index in [4.69, 9.17) is 30.8 Å². The molecule has 3 aromatic carbocycles. The number of rotatable bonds is 15. The van der Waals surface area contributed by atoms with Gasteiger partial charge in [0.15, 0.2) is 5.13 Å². The summed E-state index contributed by atoms with van der Waals surface area (Å²) in [5, 5.41) is 8.76. The van der Waals surface area contributed by atoms with Crippen molar-refractivity contribution in [2.24, 2.45) is 11.3 Å². The number of carbonyl (C=O) groups excluding carboxylic acids is 3. The van der Waals surface area contributed by atoms with Crippen LogP contribution in [0.4, 0.5) is 13.9 Å². The third-order valence-electron chi connectivity index (χ3n) is 11.4. The molecule has 2 saturated carbocycles. The number of methoxy groups -OCH3 is 1. The Hall–Kier alpha value is -5.59. The molecule has 1 aliphatic heterocycles. The summed E-state index contributed by atoms with van der Waals surface area (Å²) in [6.07, 6.45) is -2.41. The molecule has 3 fully saturated rings. The lowest BCUT2D eigenvalue weighted by atomic mass is 9.85. The fraction of sp³-hybridized carbons (Fsp3) is 0.386. The molecule has 3 N–H and O–H groups in total. The van der Waals surface area contributed by atoms with Crippen LogP contribution in [-0.2, 0) is 24.4 Å². The third-order valence-corrected chi connectivity index (χ3v) is 14.2. The van der Waals surface area contributed by atoms with E-state index in [2.05, 4.69) is 15.6 Å². The van der Waals surface area contributed by atoms with E-state index in [1.807, 2.05) is 85.5 Å². The van der Waals surface area contributed by atoms with Crippen LogP contribution in [0.5, 0.6) is 23.1 Å². The number of hydrogen-bond donors (Lipinski definition) is 3. The number of aromatic nitrogens is 2. The molecule has 2 aliphatic carbocycles. The number of carbonyl (C=O) groups is 3. The lowest BCUT2D eigenvalue weighted by molar-refractivity contribution is -0.141. The number of likely N-dealkylation sites (tertiary alicyclic amines) is 1. The van der Waals surface area contributed by atoms with Gasteiger partial charge in [-0.1, -0.05) is 50.6 Å². The highest BCUT2D eigenvalue weighted by Gasteiger charge is 2.67. The molecule has 63 heavy (non-hydrogen) atoms. The van der Waals surface area contributed by atoms with E-state index >= 15 is 0 Å². The highest BCUT2D eigenvalue weighted by atomic mass is 35.5. The summed E-state index contributed by atoms with van der Waals surface area (Å²) in [5.41, 5.74) is -1.54. The number of sulfonamides is 1. The van der Waals surface area contributed by atoms with Crippen LogP contribution >= 0.6 is 22.9 Å². The van der Waals surface area contributed by atoms with Crippen molar-refractivity contribution in [1.29, 1.82) is 0 Å². The average Bonchev–Trinajstić information content (AvgIpc) is 4.14. The first-order valence-electron chi connectivity index (χ1n) is 20.3. The van der Waals surface area contributed by atoms with Crippen LogP contribution in [0.2, 0.25) is 5.02 Å². The van der Waals surface area contributed by atoms with Gasteiger partial charge in [-0.05, 0) is 79.3 Å². The maximum absolute atomic E-state index is 14.9. The third kappa shape index (κ3) is 9.38. The smallest absolute Gasteiger partial charge is 0.259 e. The Morgan fingerprint density at radius 3 is 2.37 bits per heavy atom. The molecule has 3 amide bonds. The van der Waals surface area contributed by atoms with Crippen molar-refractivity contribution in [2.45, 2.75) is 81.9 Å². The number of pyridine rings is 1. The standard InChI is InChI=1S/C44H45ClF2N6O8S2/c1-43(2,3)36(50-42-49-33(23-62-42)24-10-13-27(14-11-24)60-26-8-6-5-7-9-26)40(55)53-22-28(61-39-31-18-25(45)12-17-30(31)35(59-4)21-48-39)19-34(53)38(54)51-44(20-32(44)37(46)47)41(56)52-63(57,58)29-15-16-29/h5-14,17-18,21,23,28-29,32,34,36-37H,15-16,19-20,22H2,1-4H3,(H,49,50)(H,51,54)(H,52,56)/t28-,32+,34+,36-,44-/m1/s1. The van der Waals surface area contributed by atoms with Crippen LogP contribution in [0.25, 0.3) is 22.0 Å². The SMILES string of the molecule is COc1cnc(O[C@@H]2C[C@@H](C(=O)N[C@]3(C(=O)NS(=O)(=O)C4CC4)C[C@H]3C(F)F)N(C(=O)[C@@H](Nc3nc(-c4ccc(Oc5ccccc5)cc4)cs3)C(C)(C)C)C2)c2cc(Cl)ccc12. The molecule has 0 bridgehead atoms. The molecule has 2 aromatic heterocycles. The Balaban J connectivity index is 1.07.